The third-order valence-corrected chi connectivity index (χ3v) is 2.73. The van der Waals surface area contributed by atoms with Gasteiger partial charge in [0.25, 0.3) is 10.1 Å². The third-order valence-electron chi connectivity index (χ3n) is 1.87. The number of likely N-dealkylation sites (N-methyl/N-ethyl adjacent to an activating group) is 1. The molecule has 0 saturated carbocycles. The zero-order valence-corrected chi connectivity index (χ0v) is 11.1. The number of rotatable bonds is 3. The standard InChI is InChI=1S/C7H8O3S.C4H11NO/c1-6-2-4-7(5-3-6)11(8,9)10;1-5(2)3-4-6/h2-5H,1H3,(H,8,9,10);6H,3-4H2,1-2H3. The molecule has 0 aliphatic heterocycles. The lowest BCUT2D eigenvalue weighted by molar-refractivity contribution is 0.243. The Balaban J connectivity index is 0.000000366. The number of hydrogen-bond acceptors (Lipinski definition) is 4. The average Bonchev–Trinajstić information content (AvgIpc) is 2.17. The summed E-state index contributed by atoms with van der Waals surface area (Å²) in [5, 5.41) is 8.20. The van der Waals surface area contributed by atoms with Crippen LogP contribution in [0.1, 0.15) is 5.56 Å². The first-order chi connectivity index (χ1) is 7.77. The fraction of sp³-hybridized carbons (Fsp3) is 0.455. The highest BCUT2D eigenvalue weighted by Crippen LogP contribution is 2.08. The van der Waals surface area contributed by atoms with Crippen molar-refractivity contribution in [2.45, 2.75) is 11.8 Å². The van der Waals surface area contributed by atoms with E-state index < -0.39 is 10.1 Å². The van der Waals surface area contributed by atoms with Crippen molar-refractivity contribution in [3.8, 4) is 0 Å². The fourth-order valence-corrected chi connectivity index (χ4v) is 1.39. The van der Waals surface area contributed by atoms with Crippen LogP contribution in [0.3, 0.4) is 0 Å². The number of aliphatic hydroxyl groups is 1. The van der Waals surface area contributed by atoms with Crippen molar-refractivity contribution in [2.75, 3.05) is 27.2 Å². The normalized spacial score (nSPS) is 10.9. The van der Waals surface area contributed by atoms with E-state index in [-0.39, 0.29) is 11.5 Å². The van der Waals surface area contributed by atoms with E-state index in [9.17, 15) is 8.42 Å². The molecular formula is C11H19NO4S. The van der Waals surface area contributed by atoms with Crippen molar-refractivity contribution < 1.29 is 18.1 Å². The topological polar surface area (TPSA) is 77.8 Å². The van der Waals surface area contributed by atoms with Gasteiger partial charge in [-0.1, -0.05) is 17.7 Å². The van der Waals surface area contributed by atoms with Crippen LogP contribution in [0.4, 0.5) is 0 Å². The minimum absolute atomic E-state index is 0.0666. The maximum Gasteiger partial charge on any atom is 0.294 e. The Bertz CT molecular complexity index is 412. The molecule has 0 aromatic heterocycles. The summed E-state index contributed by atoms with van der Waals surface area (Å²) in [6.45, 7) is 2.86. The Morgan fingerprint density at radius 3 is 1.88 bits per heavy atom. The summed E-state index contributed by atoms with van der Waals surface area (Å²) in [5.41, 5.74) is 0.956. The molecule has 0 spiro atoms. The zero-order chi connectivity index (χ0) is 13.5. The SMILES string of the molecule is CN(C)CCO.Cc1ccc(S(=O)(=O)O)cc1. The van der Waals surface area contributed by atoms with Crippen LogP contribution >= 0.6 is 0 Å². The van der Waals surface area contributed by atoms with E-state index in [2.05, 4.69) is 0 Å². The first-order valence-corrected chi connectivity index (χ1v) is 6.51. The summed E-state index contributed by atoms with van der Waals surface area (Å²) in [7, 11) is -0.166. The largest absolute Gasteiger partial charge is 0.395 e. The number of aliphatic hydroxyl groups excluding tert-OH is 1. The second kappa shape index (κ2) is 7.39. The van der Waals surface area contributed by atoms with Crippen molar-refractivity contribution >= 4 is 10.1 Å². The predicted molar refractivity (Wildman–Crippen MR) is 66.6 cm³/mol. The minimum Gasteiger partial charge on any atom is -0.395 e. The molecule has 1 rings (SSSR count). The summed E-state index contributed by atoms with van der Waals surface area (Å²) in [6, 6.07) is 5.99. The Morgan fingerprint density at radius 2 is 1.65 bits per heavy atom. The van der Waals surface area contributed by atoms with Crippen LogP contribution in [0.5, 0.6) is 0 Å². The maximum atomic E-state index is 10.5. The Hall–Kier alpha value is -0.950. The second-order valence-corrected chi connectivity index (χ2v) is 5.24. The summed E-state index contributed by atoms with van der Waals surface area (Å²) >= 11 is 0. The first kappa shape index (κ1) is 16.1. The van der Waals surface area contributed by atoms with Gasteiger partial charge < -0.3 is 10.0 Å². The van der Waals surface area contributed by atoms with Crippen LogP contribution in [0, 0.1) is 6.92 Å². The summed E-state index contributed by atoms with van der Waals surface area (Å²) < 4.78 is 29.6. The summed E-state index contributed by atoms with van der Waals surface area (Å²) in [5.74, 6) is 0. The average molecular weight is 261 g/mol. The molecule has 6 heteroatoms. The van der Waals surface area contributed by atoms with Gasteiger partial charge in [0.2, 0.25) is 0 Å². The zero-order valence-electron chi connectivity index (χ0n) is 10.3. The smallest absolute Gasteiger partial charge is 0.294 e. The molecule has 5 nitrogen and oxygen atoms in total. The van der Waals surface area contributed by atoms with Crippen molar-refractivity contribution in [1.29, 1.82) is 0 Å². The molecule has 0 unspecified atom stereocenters. The van der Waals surface area contributed by atoms with Crippen molar-refractivity contribution in [1.82, 2.24) is 4.90 Å². The van der Waals surface area contributed by atoms with E-state index in [0.717, 1.165) is 12.1 Å². The van der Waals surface area contributed by atoms with Gasteiger partial charge in [-0.05, 0) is 33.2 Å². The van der Waals surface area contributed by atoms with Gasteiger partial charge >= 0.3 is 0 Å². The molecule has 0 heterocycles. The lowest BCUT2D eigenvalue weighted by Gasteiger charge is -2.03. The maximum absolute atomic E-state index is 10.5. The molecule has 98 valence electrons. The number of aryl methyl sites for hydroxylation is 1. The van der Waals surface area contributed by atoms with Crippen molar-refractivity contribution in [3.05, 3.63) is 29.8 Å². The number of nitrogens with zero attached hydrogens (tertiary/aromatic N) is 1. The molecule has 17 heavy (non-hydrogen) atoms. The van der Waals surface area contributed by atoms with E-state index in [1.165, 1.54) is 12.1 Å². The molecule has 2 N–H and O–H groups in total. The van der Waals surface area contributed by atoms with Gasteiger partial charge in [-0.2, -0.15) is 8.42 Å². The highest BCUT2D eigenvalue weighted by Gasteiger charge is 2.06. The van der Waals surface area contributed by atoms with Crippen LogP contribution in [-0.4, -0.2) is 50.2 Å². The van der Waals surface area contributed by atoms with Crippen molar-refractivity contribution in [2.24, 2.45) is 0 Å². The van der Waals surface area contributed by atoms with Crippen LogP contribution in [0.15, 0.2) is 29.2 Å². The molecular weight excluding hydrogens is 242 g/mol. The van der Waals surface area contributed by atoms with Gasteiger partial charge in [0.1, 0.15) is 0 Å². The Morgan fingerprint density at radius 1 is 1.18 bits per heavy atom. The lowest BCUT2D eigenvalue weighted by Crippen LogP contribution is -2.15. The molecule has 0 amide bonds. The van der Waals surface area contributed by atoms with E-state index in [1.807, 2.05) is 25.9 Å². The second-order valence-electron chi connectivity index (χ2n) is 3.82. The van der Waals surface area contributed by atoms with Crippen LogP contribution in [-0.2, 0) is 10.1 Å². The van der Waals surface area contributed by atoms with Crippen LogP contribution in [0.2, 0.25) is 0 Å². The minimum atomic E-state index is -4.02. The Labute approximate surface area is 102 Å². The highest BCUT2D eigenvalue weighted by molar-refractivity contribution is 7.85. The molecule has 0 aliphatic rings. The highest BCUT2D eigenvalue weighted by atomic mass is 32.2. The molecule has 1 aromatic rings. The number of benzene rings is 1. The summed E-state index contributed by atoms with van der Waals surface area (Å²) in [4.78, 5) is 1.86. The van der Waals surface area contributed by atoms with Crippen LogP contribution in [0.25, 0.3) is 0 Å². The molecule has 1 aromatic carbocycles. The van der Waals surface area contributed by atoms with Crippen LogP contribution < -0.4 is 0 Å². The quantitative estimate of drug-likeness (QED) is 0.786. The Kier molecular flexibility index (Phi) is 6.98. The summed E-state index contributed by atoms with van der Waals surface area (Å²) in [6.07, 6.45) is 0. The predicted octanol–water partition coefficient (Wildman–Crippen LogP) is 0.782. The third kappa shape index (κ3) is 7.87. The number of hydrogen-bond donors (Lipinski definition) is 2. The van der Waals surface area contributed by atoms with Gasteiger partial charge in [0.15, 0.2) is 0 Å². The molecule has 0 aliphatic carbocycles. The van der Waals surface area contributed by atoms with E-state index in [1.54, 1.807) is 12.1 Å². The van der Waals surface area contributed by atoms with E-state index >= 15 is 0 Å². The molecule has 0 saturated heterocycles. The van der Waals surface area contributed by atoms with E-state index in [0.29, 0.717) is 0 Å². The van der Waals surface area contributed by atoms with Gasteiger partial charge in [0, 0.05) is 6.54 Å². The van der Waals surface area contributed by atoms with Gasteiger partial charge in [-0.25, -0.2) is 0 Å². The van der Waals surface area contributed by atoms with Gasteiger partial charge in [-0.15, -0.1) is 0 Å². The molecule has 0 bridgehead atoms. The lowest BCUT2D eigenvalue weighted by atomic mass is 10.2. The monoisotopic (exact) mass is 261 g/mol. The molecule has 0 radical (unpaired) electrons. The van der Waals surface area contributed by atoms with E-state index in [4.69, 9.17) is 9.66 Å². The first-order valence-electron chi connectivity index (χ1n) is 5.07. The van der Waals surface area contributed by atoms with Crippen molar-refractivity contribution in [3.63, 3.8) is 0 Å². The van der Waals surface area contributed by atoms with Gasteiger partial charge in [-0.3, -0.25) is 4.55 Å². The molecule has 0 fully saturated rings. The fourth-order valence-electron chi connectivity index (χ4n) is 0.910. The molecule has 0 atom stereocenters. The van der Waals surface area contributed by atoms with Gasteiger partial charge in [0.05, 0.1) is 11.5 Å².